The van der Waals surface area contributed by atoms with E-state index in [1.807, 2.05) is 31.2 Å². The van der Waals surface area contributed by atoms with Crippen molar-refractivity contribution in [3.8, 4) is 0 Å². The molecule has 1 saturated carbocycles. The molecule has 1 fully saturated rings. The number of tetrazole rings is 1. The van der Waals surface area contributed by atoms with Crippen molar-refractivity contribution < 1.29 is 9.53 Å². The molecule has 1 aromatic carbocycles. The van der Waals surface area contributed by atoms with Gasteiger partial charge in [0.2, 0.25) is 0 Å². The third-order valence-electron chi connectivity index (χ3n) is 6.08. The fourth-order valence-electron chi connectivity index (χ4n) is 4.43. The Morgan fingerprint density at radius 2 is 2.03 bits per heavy atom. The summed E-state index contributed by atoms with van der Waals surface area (Å²) in [7, 11) is 0. The van der Waals surface area contributed by atoms with Crippen LogP contribution in [0.2, 0.25) is 0 Å². The van der Waals surface area contributed by atoms with Gasteiger partial charge >= 0.3 is 5.97 Å². The molecule has 0 amide bonds. The van der Waals surface area contributed by atoms with Gasteiger partial charge < -0.3 is 9.72 Å². The number of aromatic nitrogens is 5. The van der Waals surface area contributed by atoms with Gasteiger partial charge in [-0.25, -0.2) is 4.68 Å². The van der Waals surface area contributed by atoms with Crippen molar-refractivity contribution in [3.05, 3.63) is 51.6 Å². The standard InChI is InChI=1S/C23H30N6O3/c1-3-32-22(30)15-29-21(25-26-27-29)14-28(19-7-5-4-6-8-19)13-18-12-17-10-9-16(2)11-20(17)24-23(18)31/h9-12,19H,3-8,13-15H2,1-2H3,(H,24,31). The quantitative estimate of drug-likeness (QED) is 0.539. The second-order valence-corrected chi connectivity index (χ2v) is 8.47. The highest BCUT2D eigenvalue weighted by molar-refractivity contribution is 5.79. The van der Waals surface area contributed by atoms with Crippen molar-refractivity contribution in [1.29, 1.82) is 0 Å². The minimum Gasteiger partial charge on any atom is -0.465 e. The van der Waals surface area contributed by atoms with E-state index in [0.29, 0.717) is 31.6 Å². The Labute approximate surface area is 186 Å². The molecule has 9 nitrogen and oxygen atoms in total. The average Bonchev–Trinajstić information content (AvgIpc) is 3.21. The highest BCUT2D eigenvalue weighted by Crippen LogP contribution is 2.25. The molecule has 0 spiro atoms. The van der Waals surface area contributed by atoms with Crippen LogP contribution in [0.1, 0.15) is 56.0 Å². The van der Waals surface area contributed by atoms with Gasteiger partial charge in [0, 0.05) is 23.7 Å². The molecule has 0 aliphatic heterocycles. The first-order valence-corrected chi connectivity index (χ1v) is 11.3. The van der Waals surface area contributed by atoms with Gasteiger partial charge in [-0.1, -0.05) is 31.4 Å². The predicted molar refractivity (Wildman–Crippen MR) is 120 cm³/mol. The monoisotopic (exact) mass is 438 g/mol. The van der Waals surface area contributed by atoms with Crippen LogP contribution in [-0.4, -0.2) is 48.7 Å². The lowest BCUT2D eigenvalue weighted by Gasteiger charge is -2.33. The SMILES string of the molecule is CCOC(=O)Cn1nnnc1CN(Cc1cc2ccc(C)cc2[nH]c1=O)C1CCCCC1. The van der Waals surface area contributed by atoms with E-state index in [0.717, 1.165) is 34.9 Å². The molecule has 32 heavy (non-hydrogen) atoms. The summed E-state index contributed by atoms with van der Waals surface area (Å²) < 4.78 is 6.53. The summed E-state index contributed by atoms with van der Waals surface area (Å²) in [5.74, 6) is 0.225. The molecule has 1 N–H and O–H groups in total. The maximum Gasteiger partial charge on any atom is 0.327 e. The van der Waals surface area contributed by atoms with E-state index < -0.39 is 0 Å². The molecule has 170 valence electrons. The van der Waals surface area contributed by atoms with Crippen LogP contribution in [0, 0.1) is 6.92 Å². The van der Waals surface area contributed by atoms with Gasteiger partial charge in [-0.05, 0) is 60.2 Å². The van der Waals surface area contributed by atoms with Gasteiger partial charge in [-0.3, -0.25) is 14.5 Å². The van der Waals surface area contributed by atoms with Crippen LogP contribution >= 0.6 is 0 Å². The van der Waals surface area contributed by atoms with Crippen LogP contribution in [0.15, 0.2) is 29.1 Å². The van der Waals surface area contributed by atoms with Crippen LogP contribution in [0.3, 0.4) is 0 Å². The summed E-state index contributed by atoms with van der Waals surface area (Å²) in [6.07, 6.45) is 5.72. The average molecular weight is 439 g/mol. The van der Waals surface area contributed by atoms with Gasteiger partial charge in [0.1, 0.15) is 6.54 Å². The van der Waals surface area contributed by atoms with Crippen LogP contribution in [0.25, 0.3) is 10.9 Å². The summed E-state index contributed by atoms with van der Waals surface area (Å²) in [4.78, 5) is 30.1. The Hall–Kier alpha value is -3.07. The first-order valence-electron chi connectivity index (χ1n) is 11.3. The number of aryl methyl sites for hydroxylation is 1. The Morgan fingerprint density at radius 3 is 2.81 bits per heavy atom. The smallest absolute Gasteiger partial charge is 0.327 e. The minimum atomic E-state index is -0.369. The van der Waals surface area contributed by atoms with E-state index in [1.165, 1.54) is 23.9 Å². The lowest BCUT2D eigenvalue weighted by Crippen LogP contribution is -2.38. The van der Waals surface area contributed by atoms with Crippen molar-refractivity contribution in [2.24, 2.45) is 0 Å². The highest BCUT2D eigenvalue weighted by atomic mass is 16.5. The number of hydrogen-bond acceptors (Lipinski definition) is 7. The summed E-state index contributed by atoms with van der Waals surface area (Å²) in [5.41, 5.74) is 2.60. The van der Waals surface area contributed by atoms with Crippen molar-refractivity contribution in [3.63, 3.8) is 0 Å². The zero-order chi connectivity index (χ0) is 22.5. The van der Waals surface area contributed by atoms with Gasteiger partial charge in [0.15, 0.2) is 5.82 Å². The van der Waals surface area contributed by atoms with Gasteiger partial charge in [0.25, 0.3) is 5.56 Å². The van der Waals surface area contributed by atoms with Crippen molar-refractivity contribution in [1.82, 2.24) is 30.1 Å². The number of ether oxygens (including phenoxy) is 1. The number of carbonyl (C=O) groups is 1. The third-order valence-corrected chi connectivity index (χ3v) is 6.08. The normalized spacial score (nSPS) is 14.8. The molecule has 0 saturated heterocycles. The number of fused-ring (bicyclic) bond motifs is 1. The highest BCUT2D eigenvalue weighted by Gasteiger charge is 2.25. The molecule has 2 heterocycles. The zero-order valence-corrected chi connectivity index (χ0v) is 18.7. The Morgan fingerprint density at radius 1 is 1.22 bits per heavy atom. The molecule has 4 rings (SSSR count). The summed E-state index contributed by atoms with van der Waals surface area (Å²) >= 11 is 0. The maximum atomic E-state index is 12.9. The first kappa shape index (κ1) is 22.1. The lowest BCUT2D eigenvalue weighted by atomic mass is 9.93. The maximum absolute atomic E-state index is 12.9. The molecule has 0 atom stereocenters. The van der Waals surface area contributed by atoms with E-state index in [2.05, 4.69) is 25.4 Å². The van der Waals surface area contributed by atoms with E-state index in [1.54, 1.807) is 6.92 Å². The van der Waals surface area contributed by atoms with E-state index in [-0.39, 0.29) is 18.1 Å². The minimum absolute atomic E-state index is 0.0232. The van der Waals surface area contributed by atoms with Crippen molar-refractivity contribution in [2.45, 2.75) is 71.6 Å². The molecule has 0 radical (unpaired) electrons. The number of aromatic amines is 1. The number of nitrogens with one attached hydrogen (secondary N) is 1. The Balaban J connectivity index is 1.60. The fourth-order valence-corrected chi connectivity index (χ4v) is 4.43. The van der Waals surface area contributed by atoms with Crippen LogP contribution < -0.4 is 5.56 Å². The number of H-pyrrole nitrogens is 1. The Kier molecular flexibility index (Phi) is 6.94. The summed E-state index contributed by atoms with van der Waals surface area (Å²) in [6, 6.07) is 8.39. The van der Waals surface area contributed by atoms with Gasteiger partial charge in [-0.15, -0.1) is 5.10 Å². The number of hydrogen-bond donors (Lipinski definition) is 1. The number of nitrogens with zero attached hydrogens (tertiary/aromatic N) is 5. The molecule has 1 aliphatic carbocycles. The molecule has 9 heteroatoms. The van der Waals surface area contributed by atoms with E-state index >= 15 is 0 Å². The summed E-state index contributed by atoms with van der Waals surface area (Å²) in [5, 5.41) is 12.9. The van der Waals surface area contributed by atoms with Crippen molar-refractivity contribution in [2.75, 3.05) is 6.61 Å². The Bertz CT molecular complexity index is 1130. The second-order valence-electron chi connectivity index (χ2n) is 8.47. The van der Waals surface area contributed by atoms with Crippen molar-refractivity contribution >= 4 is 16.9 Å². The van der Waals surface area contributed by atoms with Crippen LogP contribution in [0.4, 0.5) is 0 Å². The molecule has 0 bridgehead atoms. The number of benzene rings is 1. The van der Waals surface area contributed by atoms with Gasteiger partial charge in [-0.2, -0.15) is 0 Å². The second kappa shape index (κ2) is 10.0. The summed E-state index contributed by atoms with van der Waals surface area (Å²) in [6.45, 7) is 5.03. The number of carbonyl (C=O) groups excluding carboxylic acids is 1. The number of esters is 1. The topological polar surface area (TPSA) is 106 Å². The van der Waals surface area contributed by atoms with Crippen LogP contribution in [-0.2, 0) is 29.2 Å². The number of pyridine rings is 1. The van der Waals surface area contributed by atoms with E-state index in [9.17, 15) is 9.59 Å². The molecule has 3 aromatic rings. The molecule has 1 aliphatic rings. The van der Waals surface area contributed by atoms with Crippen LogP contribution in [0.5, 0.6) is 0 Å². The molecule has 2 aromatic heterocycles. The first-order chi connectivity index (χ1) is 15.5. The third kappa shape index (κ3) is 5.21. The molecular weight excluding hydrogens is 408 g/mol. The zero-order valence-electron chi connectivity index (χ0n) is 18.7. The fraction of sp³-hybridized carbons (Fsp3) is 0.522. The lowest BCUT2D eigenvalue weighted by molar-refractivity contribution is -0.144. The largest absolute Gasteiger partial charge is 0.465 e. The molecule has 0 unspecified atom stereocenters. The van der Waals surface area contributed by atoms with E-state index in [4.69, 9.17) is 4.74 Å². The molecular formula is C23H30N6O3. The number of rotatable bonds is 8. The van der Waals surface area contributed by atoms with Gasteiger partial charge in [0.05, 0.1) is 13.2 Å². The predicted octanol–water partition coefficient (Wildman–Crippen LogP) is 2.72.